The Kier molecular flexibility index (Phi) is 5.45. The van der Waals surface area contributed by atoms with Crippen molar-refractivity contribution in [3.8, 4) is 0 Å². The molecule has 6 heteroatoms. The Morgan fingerprint density at radius 3 is 2.81 bits per heavy atom. The summed E-state index contributed by atoms with van der Waals surface area (Å²) in [7, 11) is 0. The van der Waals surface area contributed by atoms with Crippen LogP contribution in [-0.4, -0.2) is 28.3 Å². The molecule has 6 nitrogen and oxygen atoms in total. The number of nitrogens with one attached hydrogen (secondary N) is 1. The second-order valence-electron chi connectivity index (χ2n) is 7.48. The summed E-state index contributed by atoms with van der Waals surface area (Å²) in [5, 5.41) is 8.98. The molecule has 0 amide bonds. The lowest BCUT2D eigenvalue weighted by Gasteiger charge is -2.28. The highest BCUT2D eigenvalue weighted by Gasteiger charge is 2.30. The lowest BCUT2D eigenvalue weighted by atomic mass is 9.91. The maximum absolute atomic E-state index is 5.63. The fourth-order valence-electron chi connectivity index (χ4n) is 3.58. The zero-order chi connectivity index (χ0) is 18.6. The number of aromatic nitrogens is 3. The van der Waals surface area contributed by atoms with E-state index in [1.54, 1.807) is 0 Å². The van der Waals surface area contributed by atoms with Crippen LogP contribution < -0.4 is 5.32 Å². The molecule has 1 fully saturated rings. The van der Waals surface area contributed by atoms with E-state index in [-0.39, 0.29) is 12.0 Å². The molecule has 1 aliphatic heterocycles. The Balaban J connectivity index is 1.53. The van der Waals surface area contributed by atoms with Gasteiger partial charge < -0.3 is 14.6 Å². The van der Waals surface area contributed by atoms with Crippen LogP contribution in [0.15, 0.2) is 41.1 Å². The molecule has 1 saturated heterocycles. The molecule has 0 unspecified atom stereocenters. The lowest BCUT2D eigenvalue weighted by molar-refractivity contribution is 0.0485. The molecular weight excluding hydrogens is 340 g/mol. The van der Waals surface area contributed by atoms with Crippen LogP contribution >= 0.6 is 0 Å². The summed E-state index contributed by atoms with van der Waals surface area (Å²) in [6.45, 7) is 6.47. The van der Waals surface area contributed by atoms with E-state index in [0.29, 0.717) is 11.8 Å². The summed E-state index contributed by atoms with van der Waals surface area (Å²) in [6.07, 6.45) is 3.82. The second kappa shape index (κ2) is 8.15. The number of ether oxygens (including phenoxy) is 1. The van der Waals surface area contributed by atoms with Crippen molar-refractivity contribution < 1.29 is 9.26 Å². The van der Waals surface area contributed by atoms with E-state index in [2.05, 4.69) is 58.6 Å². The van der Waals surface area contributed by atoms with Crippen molar-refractivity contribution in [2.75, 3.05) is 13.2 Å². The van der Waals surface area contributed by atoms with Crippen molar-refractivity contribution in [1.29, 1.82) is 0 Å². The maximum atomic E-state index is 5.63. The molecule has 3 heterocycles. The van der Waals surface area contributed by atoms with Crippen LogP contribution in [-0.2, 0) is 11.3 Å². The van der Waals surface area contributed by atoms with Gasteiger partial charge in [-0.2, -0.15) is 4.98 Å². The third-order valence-electron chi connectivity index (χ3n) is 5.17. The molecule has 4 rings (SSSR count). The normalized spacial score (nSPS) is 16.9. The van der Waals surface area contributed by atoms with Crippen molar-refractivity contribution in [3.05, 3.63) is 53.8 Å². The second-order valence-corrected chi connectivity index (χ2v) is 7.48. The highest BCUT2D eigenvalue weighted by molar-refractivity contribution is 5.78. The Labute approximate surface area is 159 Å². The molecule has 0 saturated carbocycles. The average molecular weight is 366 g/mol. The number of pyridine rings is 1. The third-order valence-corrected chi connectivity index (χ3v) is 5.17. The Bertz CT molecular complexity index is 887. The first kappa shape index (κ1) is 18.1. The van der Waals surface area contributed by atoms with Crippen LogP contribution in [0, 0.1) is 5.92 Å². The molecule has 0 radical (unpaired) electrons. The number of nitrogens with zero attached hydrogens (tertiary/aromatic N) is 3. The summed E-state index contributed by atoms with van der Waals surface area (Å²) in [5.41, 5.74) is 2.23. The van der Waals surface area contributed by atoms with E-state index in [9.17, 15) is 0 Å². The highest BCUT2D eigenvalue weighted by atomic mass is 16.5. The number of fused-ring (bicyclic) bond motifs is 1. The van der Waals surface area contributed by atoms with E-state index in [1.165, 1.54) is 5.56 Å². The van der Waals surface area contributed by atoms with Crippen molar-refractivity contribution in [1.82, 2.24) is 20.4 Å². The summed E-state index contributed by atoms with van der Waals surface area (Å²) in [4.78, 5) is 9.05. The quantitative estimate of drug-likeness (QED) is 0.711. The van der Waals surface area contributed by atoms with Crippen molar-refractivity contribution in [2.24, 2.45) is 5.92 Å². The minimum Gasteiger partial charge on any atom is -0.381 e. The lowest BCUT2D eigenvalue weighted by Crippen LogP contribution is -2.32. The fraction of sp³-hybridized carbons (Fsp3) is 0.476. The molecule has 1 atom stereocenters. The number of benzene rings is 1. The molecule has 1 aliphatic rings. The fourth-order valence-corrected chi connectivity index (χ4v) is 3.58. The monoisotopic (exact) mass is 366 g/mol. The highest BCUT2D eigenvalue weighted by Crippen LogP contribution is 2.30. The van der Waals surface area contributed by atoms with Gasteiger partial charge in [0.1, 0.15) is 0 Å². The van der Waals surface area contributed by atoms with Gasteiger partial charge in [0.05, 0.1) is 11.6 Å². The van der Waals surface area contributed by atoms with Crippen LogP contribution in [0.2, 0.25) is 0 Å². The first-order valence-corrected chi connectivity index (χ1v) is 9.69. The van der Waals surface area contributed by atoms with E-state index in [0.717, 1.165) is 49.3 Å². The van der Waals surface area contributed by atoms with E-state index < -0.39 is 0 Å². The predicted molar refractivity (Wildman–Crippen MR) is 103 cm³/mol. The van der Waals surface area contributed by atoms with Gasteiger partial charge in [-0.3, -0.25) is 4.98 Å². The van der Waals surface area contributed by atoms with Gasteiger partial charge in [0.2, 0.25) is 5.89 Å². The topological polar surface area (TPSA) is 73.1 Å². The van der Waals surface area contributed by atoms with Gasteiger partial charge in [-0.15, -0.1) is 0 Å². The summed E-state index contributed by atoms with van der Waals surface area (Å²) < 4.78 is 11.2. The summed E-state index contributed by atoms with van der Waals surface area (Å²) in [5.74, 6) is 2.14. The number of rotatable bonds is 6. The third kappa shape index (κ3) is 4.17. The zero-order valence-corrected chi connectivity index (χ0v) is 15.9. The van der Waals surface area contributed by atoms with E-state index in [4.69, 9.17) is 9.26 Å². The largest absolute Gasteiger partial charge is 0.381 e. The predicted octanol–water partition coefficient (Wildman–Crippen LogP) is 4.00. The minimum absolute atomic E-state index is 0.0403. The Hall–Kier alpha value is -2.31. The van der Waals surface area contributed by atoms with Crippen LogP contribution in [0.25, 0.3) is 10.9 Å². The minimum atomic E-state index is 0.0403. The molecule has 142 valence electrons. The van der Waals surface area contributed by atoms with Gasteiger partial charge >= 0.3 is 0 Å². The molecule has 27 heavy (non-hydrogen) atoms. The van der Waals surface area contributed by atoms with Gasteiger partial charge in [-0.05, 0) is 42.5 Å². The van der Waals surface area contributed by atoms with Crippen molar-refractivity contribution in [2.45, 2.75) is 45.2 Å². The van der Waals surface area contributed by atoms with Crippen LogP contribution in [0.4, 0.5) is 0 Å². The summed E-state index contributed by atoms with van der Waals surface area (Å²) in [6, 6.07) is 10.5. The van der Waals surface area contributed by atoms with Crippen LogP contribution in [0.3, 0.4) is 0 Å². The molecule has 2 aromatic heterocycles. The van der Waals surface area contributed by atoms with Crippen molar-refractivity contribution >= 4 is 10.9 Å². The summed E-state index contributed by atoms with van der Waals surface area (Å²) >= 11 is 0. The molecular formula is C21H26N4O2. The zero-order valence-electron chi connectivity index (χ0n) is 15.9. The Morgan fingerprint density at radius 2 is 2.04 bits per heavy atom. The molecule has 1 N–H and O–H groups in total. The number of hydrogen-bond acceptors (Lipinski definition) is 6. The molecule has 3 aromatic rings. The molecule has 0 aliphatic carbocycles. The van der Waals surface area contributed by atoms with Gasteiger partial charge in [0.15, 0.2) is 5.82 Å². The smallest absolute Gasteiger partial charge is 0.244 e. The average Bonchev–Trinajstić information content (AvgIpc) is 3.19. The molecule has 1 aromatic carbocycles. The van der Waals surface area contributed by atoms with E-state index >= 15 is 0 Å². The SMILES string of the molecule is CC(C)c1noc([C@@H](NCc2ccc3ncccc3c2)C2CCOCC2)n1. The maximum Gasteiger partial charge on any atom is 0.244 e. The first-order chi connectivity index (χ1) is 13.2. The molecule has 0 bridgehead atoms. The van der Waals surface area contributed by atoms with Gasteiger partial charge in [-0.1, -0.05) is 31.1 Å². The standard InChI is InChI=1S/C21H26N4O2/c1-14(2)20-24-21(27-25-20)19(16-7-10-26-11-8-16)23-13-15-5-6-18-17(12-15)4-3-9-22-18/h3-6,9,12,14,16,19,23H,7-8,10-11,13H2,1-2H3/t19-/m0/s1. The van der Waals surface area contributed by atoms with Gasteiger partial charge in [0.25, 0.3) is 0 Å². The van der Waals surface area contributed by atoms with Crippen molar-refractivity contribution in [3.63, 3.8) is 0 Å². The molecule has 0 spiro atoms. The van der Waals surface area contributed by atoms with Crippen LogP contribution in [0.5, 0.6) is 0 Å². The first-order valence-electron chi connectivity index (χ1n) is 9.69. The Morgan fingerprint density at radius 1 is 1.19 bits per heavy atom. The van der Waals surface area contributed by atoms with E-state index in [1.807, 2.05) is 12.3 Å². The number of hydrogen-bond donors (Lipinski definition) is 1. The van der Waals surface area contributed by atoms with Gasteiger partial charge in [-0.25, -0.2) is 0 Å². The van der Waals surface area contributed by atoms with Crippen LogP contribution in [0.1, 0.15) is 55.9 Å². The van der Waals surface area contributed by atoms with Gasteiger partial charge in [0, 0.05) is 37.3 Å².